The van der Waals surface area contributed by atoms with E-state index in [2.05, 4.69) is 28.4 Å². The minimum atomic E-state index is -0.181. The summed E-state index contributed by atoms with van der Waals surface area (Å²) in [5, 5.41) is 3.49. The van der Waals surface area contributed by atoms with Gasteiger partial charge in [0.2, 0.25) is 0 Å². The molecule has 0 saturated carbocycles. The number of hydrogen-bond acceptors (Lipinski definition) is 4. The molecular formula is C16H23N3O2. The third kappa shape index (κ3) is 3.13. The first kappa shape index (κ1) is 14.2. The number of rotatable bonds is 3. The molecule has 0 atom stereocenters. The first-order valence-electron chi connectivity index (χ1n) is 7.76. The number of para-hydroxylation sites is 1. The fourth-order valence-corrected chi connectivity index (χ4v) is 3.09. The molecule has 1 aromatic carbocycles. The van der Waals surface area contributed by atoms with Crippen molar-refractivity contribution in [3.63, 3.8) is 0 Å². The second-order valence-electron chi connectivity index (χ2n) is 5.59. The zero-order valence-electron chi connectivity index (χ0n) is 12.6. The van der Waals surface area contributed by atoms with Crippen molar-refractivity contribution in [3.8, 4) is 0 Å². The van der Waals surface area contributed by atoms with Crippen molar-refractivity contribution in [1.29, 1.82) is 0 Å². The minimum absolute atomic E-state index is 0.181. The van der Waals surface area contributed by atoms with E-state index in [1.54, 1.807) is 4.90 Å². The highest BCUT2D eigenvalue weighted by Crippen LogP contribution is 2.27. The standard InChI is InChI=1S/C16H23N3O2/c1-2-21-16(20)19-10-8-18(9-11-19)12-14-5-3-4-13-6-7-17-15(13)14/h3-5,17H,2,6-12H2,1H3. The van der Waals surface area contributed by atoms with E-state index >= 15 is 0 Å². The number of amides is 1. The number of anilines is 1. The fraction of sp³-hybridized carbons (Fsp3) is 0.562. The second kappa shape index (κ2) is 6.35. The van der Waals surface area contributed by atoms with Gasteiger partial charge in [0.15, 0.2) is 0 Å². The molecule has 2 aliphatic rings. The van der Waals surface area contributed by atoms with Crippen LogP contribution in [0.15, 0.2) is 18.2 Å². The van der Waals surface area contributed by atoms with Crippen molar-refractivity contribution in [2.24, 2.45) is 0 Å². The molecule has 5 heteroatoms. The highest BCUT2D eigenvalue weighted by atomic mass is 16.6. The summed E-state index contributed by atoms with van der Waals surface area (Å²) in [7, 11) is 0. The summed E-state index contributed by atoms with van der Waals surface area (Å²) in [6, 6.07) is 6.56. The molecule has 1 N–H and O–H groups in total. The molecule has 21 heavy (non-hydrogen) atoms. The maximum absolute atomic E-state index is 11.7. The summed E-state index contributed by atoms with van der Waals surface area (Å²) in [4.78, 5) is 15.9. The Morgan fingerprint density at radius 1 is 1.29 bits per heavy atom. The van der Waals surface area contributed by atoms with E-state index in [9.17, 15) is 4.79 Å². The van der Waals surface area contributed by atoms with Gasteiger partial charge in [-0.05, 0) is 24.5 Å². The van der Waals surface area contributed by atoms with Crippen molar-refractivity contribution in [3.05, 3.63) is 29.3 Å². The van der Waals surface area contributed by atoms with Crippen LogP contribution < -0.4 is 5.32 Å². The summed E-state index contributed by atoms with van der Waals surface area (Å²) in [6.45, 7) is 7.60. The summed E-state index contributed by atoms with van der Waals surface area (Å²) in [6.07, 6.45) is 0.944. The van der Waals surface area contributed by atoms with E-state index in [0.717, 1.165) is 45.7 Å². The molecule has 0 aliphatic carbocycles. The molecular weight excluding hydrogens is 266 g/mol. The highest BCUT2D eigenvalue weighted by Gasteiger charge is 2.23. The Kier molecular flexibility index (Phi) is 4.29. The van der Waals surface area contributed by atoms with Crippen LogP contribution in [0.25, 0.3) is 0 Å². The van der Waals surface area contributed by atoms with E-state index in [1.807, 2.05) is 6.92 Å². The van der Waals surface area contributed by atoms with Crippen LogP contribution in [0.1, 0.15) is 18.1 Å². The molecule has 2 heterocycles. The second-order valence-corrected chi connectivity index (χ2v) is 5.59. The van der Waals surface area contributed by atoms with Gasteiger partial charge in [0.05, 0.1) is 6.61 Å². The zero-order valence-corrected chi connectivity index (χ0v) is 12.6. The number of piperazine rings is 1. The van der Waals surface area contributed by atoms with Gasteiger partial charge in [-0.3, -0.25) is 4.90 Å². The normalized spacial score (nSPS) is 18.2. The Labute approximate surface area is 125 Å². The van der Waals surface area contributed by atoms with E-state index in [4.69, 9.17) is 4.74 Å². The van der Waals surface area contributed by atoms with Crippen LogP contribution in [0.5, 0.6) is 0 Å². The van der Waals surface area contributed by atoms with Gasteiger partial charge in [0, 0.05) is 45.0 Å². The van der Waals surface area contributed by atoms with E-state index in [1.165, 1.54) is 16.8 Å². The lowest BCUT2D eigenvalue weighted by atomic mass is 10.1. The summed E-state index contributed by atoms with van der Waals surface area (Å²) in [5.41, 5.74) is 4.12. The summed E-state index contributed by atoms with van der Waals surface area (Å²) >= 11 is 0. The number of nitrogens with zero attached hydrogens (tertiary/aromatic N) is 2. The van der Waals surface area contributed by atoms with Crippen molar-refractivity contribution in [2.75, 3.05) is 44.6 Å². The quantitative estimate of drug-likeness (QED) is 0.923. The topological polar surface area (TPSA) is 44.8 Å². The number of ether oxygens (including phenoxy) is 1. The Morgan fingerprint density at radius 2 is 2.10 bits per heavy atom. The lowest BCUT2D eigenvalue weighted by Gasteiger charge is -2.34. The SMILES string of the molecule is CCOC(=O)N1CCN(Cc2cccc3c2NCC3)CC1. The smallest absolute Gasteiger partial charge is 0.409 e. The van der Waals surface area contributed by atoms with Gasteiger partial charge in [-0.1, -0.05) is 18.2 Å². The molecule has 0 unspecified atom stereocenters. The number of carbonyl (C=O) groups is 1. The first-order chi connectivity index (χ1) is 10.3. The molecule has 0 radical (unpaired) electrons. The van der Waals surface area contributed by atoms with Crippen molar-refractivity contribution < 1.29 is 9.53 Å². The van der Waals surface area contributed by atoms with Crippen molar-refractivity contribution in [2.45, 2.75) is 19.9 Å². The predicted molar refractivity (Wildman–Crippen MR) is 82.5 cm³/mol. The van der Waals surface area contributed by atoms with Crippen LogP contribution in [0.4, 0.5) is 10.5 Å². The number of benzene rings is 1. The number of nitrogens with one attached hydrogen (secondary N) is 1. The summed E-state index contributed by atoms with van der Waals surface area (Å²) < 4.78 is 5.05. The maximum Gasteiger partial charge on any atom is 0.409 e. The third-order valence-electron chi connectivity index (χ3n) is 4.23. The van der Waals surface area contributed by atoms with Gasteiger partial charge in [-0.15, -0.1) is 0 Å². The molecule has 0 bridgehead atoms. The average Bonchev–Trinajstić information content (AvgIpc) is 2.98. The lowest BCUT2D eigenvalue weighted by Crippen LogP contribution is -2.48. The average molecular weight is 289 g/mol. The van der Waals surface area contributed by atoms with Gasteiger partial charge in [-0.25, -0.2) is 4.79 Å². The monoisotopic (exact) mass is 289 g/mol. The number of carbonyl (C=O) groups excluding carboxylic acids is 1. The van der Waals surface area contributed by atoms with Gasteiger partial charge in [-0.2, -0.15) is 0 Å². The number of hydrogen-bond donors (Lipinski definition) is 1. The van der Waals surface area contributed by atoms with Crippen LogP contribution in [-0.4, -0.2) is 55.2 Å². The maximum atomic E-state index is 11.7. The van der Waals surface area contributed by atoms with E-state index in [0.29, 0.717) is 6.61 Å². The van der Waals surface area contributed by atoms with Crippen molar-refractivity contribution >= 4 is 11.8 Å². The molecule has 114 valence electrons. The first-order valence-corrected chi connectivity index (χ1v) is 7.76. The van der Waals surface area contributed by atoms with Gasteiger partial charge in [0.1, 0.15) is 0 Å². The molecule has 1 aromatic rings. The van der Waals surface area contributed by atoms with Crippen LogP contribution in [0.3, 0.4) is 0 Å². The predicted octanol–water partition coefficient (Wildman–Crippen LogP) is 1.93. The van der Waals surface area contributed by atoms with E-state index < -0.39 is 0 Å². The molecule has 1 fully saturated rings. The molecule has 0 aromatic heterocycles. The van der Waals surface area contributed by atoms with Gasteiger partial charge < -0.3 is 15.0 Å². The van der Waals surface area contributed by atoms with Gasteiger partial charge in [0.25, 0.3) is 0 Å². The van der Waals surface area contributed by atoms with Crippen LogP contribution in [0.2, 0.25) is 0 Å². The molecule has 0 spiro atoms. The largest absolute Gasteiger partial charge is 0.450 e. The minimum Gasteiger partial charge on any atom is -0.450 e. The summed E-state index contributed by atoms with van der Waals surface area (Å²) in [5.74, 6) is 0. The van der Waals surface area contributed by atoms with Crippen LogP contribution >= 0.6 is 0 Å². The third-order valence-corrected chi connectivity index (χ3v) is 4.23. The van der Waals surface area contributed by atoms with Gasteiger partial charge >= 0.3 is 6.09 Å². The van der Waals surface area contributed by atoms with E-state index in [-0.39, 0.29) is 6.09 Å². The highest BCUT2D eigenvalue weighted by molar-refractivity contribution is 5.67. The Balaban J connectivity index is 1.56. The number of fused-ring (bicyclic) bond motifs is 1. The molecule has 1 saturated heterocycles. The molecule has 1 amide bonds. The Morgan fingerprint density at radius 3 is 2.86 bits per heavy atom. The molecule has 2 aliphatic heterocycles. The Hall–Kier alpha value is -1.75. The molecule has 3 rings (SSSR count). The lowest BCUT2D eigenvalue weighted by molar-refractivity contribution is 0.0779. The fourth-order valence-electron chi connectivity index (χ4n) is 3.09. The zero-order chi connectivity index (χ0) is 14.7. The Bertz CT molecular complexity index is 510. The van der Waals surface area contributed by atoms with Crippen LogP contribution in [-0.2, 0) is 17.7 Å². The van der Waals surface area contributed by atoms with Crippen molar-refractivity contribution in [1.82, 2.24) is 9.80 Å². The van der Waals surface area contributed by atoms with Crippen LogP contribution in [0, 0.1) is 0 Å². The molecule has 5 nitrogen and oxygen atoms in total.